The molecule has 0 aliphatic carbocycles. The van der Waals surface area contributed by atoms with Gasteiger partial charge in [0.1, 0.15) is 0 Å². The van der Waals surface area contributed by atoms with E-state index in [0.717, 1.165) is 26.2 Å². The second-order valence-electron chi connectivity index (χ2n) is 4.98. The zero-order chi connectivity index (χ0) is 12.5. The molecule has 1 fully saturated rings. The summed E-state index contributed by atoms with van der Waals surface area (Å²) in [6.07, 6.45) is 5.33. The monoisotopic (exact) mass is 242 g/mol. The molecule has 3 heteroatoms. The summed E-state index contributed by atoms with van der Waals surface area (Å²) in [5, 5.41) is 3.69. The fourth-order valence-corrected chi connectivity index (χ4v) is 2.56. The molecule has 0 spiro atoms. The third kappa shape index (κ3) is 5.84. The van der Waals surface area contributed by atoms with Gasteiger partial charge in [0, 0.05) is 25.7 Å². The first-order valence-electron chi connectivity index (χ1n) is 7.37. The zero-order valence-corrected chi connectivity index (χ0v) is 11.9. The maximum Gasteiger partial charge on any atom is 0.0589 e. The van der Waals surface area contributed by atoms with Crippen molar-refractivity contribution in [3.05, 3.63) is 0 Å². The van der Waals surface area contributed by atoms with E-state index >= 15 is 0 Å². The number of nitrogens with one attached hydrogen (secondary N) is 1. The van der Waals surface area contributed by atoms with Crippen LogP contribution >= 0.6 is 0 Å². The lowest BCUT2D eigenvalue weighted by Crippen LogP contribution is -2.42. The summed E-state index contributed by atoms with van der Waals surface area (Å²) in [4.78, 5) is 2.47. The van der Waals surface area contributed by atoms with Crippen LogP contribution in [0.5, 0.6) is 0 Å². The van der Waals surface area contributed by atoms with E-state index in [1.165, 1.54) is 32.2 Å². The van der Waals surface area contributed by atoms with E-state index in [-0.39, 0.29) is 0 Å². The van der Waals surface area contributed by atoms with Crippen molar-refractivity contribution in [1.82, 2.24) is 10.2 Å². The fraction of sp³-hybridized carbons (Fsp3) is 1.00. The molecule has 0 aromatic heterocycles. The van der Waals surface area contributed by atoms with Crippen LogP contribution < -0.4 is 5.32 Å². The highest BCUT2D eigenvalue weighted by Gasteiger charge is 2.21. The first-order chi connectivity index (χ1) is 8.30. The van der Waals surface area contributed by atoms with Gasteiger partial charge in [-0.2, -0.15) is 0 Å². The molecule has 1 rings (SSSR count). The maximum absolute atomic E-state index is 5.77. The van der Waals surface area contributed by atoms with Crippen LogP contribution in [0.3, 0.4) is 0 Å². The molecular formula is C14H30N2O. The van der Waals surface area contributed by atoms with Gasteiger partial charge >= 0.3 is 0 Å². The van der Waals surface area contributed by atoms with Crippen molar-refractivity contribution < 1.29 is 4.74 Å². The topological polar surface area (TPSA) is 24.5 Å². The minimum atomic E-state index is 0.500. The molecular weight excluding hydrogens is 212 g/mol. The summed E-state index contributed by atoms with van der Waals surface area (Å²) in [5.74, 6) is 0. The molecule has 102 valence electrons. The quantitative estimate of drug-likeness (QED) is 0.706. The minimum Gasteiger partial charge on any atom is -0.378 e. The van der Waals surface area contributed by atoms with Crippen molar-refractivity contribution in [2.45, 2.75) is 58.6 Å². The van der Waals surface area contributed by atoms with Gasteiger partial charge in [-0.15, -0.1) is 0 Å². The van der Waals surface area contributed by atoms with Crippen molar-refractivity contribution in [1.29, 1.82) is 0 Å². The molecule has 0 radical (unpaired) electrons. The number of likely N-dealkylation sites (N-methyl/N-ethyl adjacent to an activating group) is 1. The van der Waals surface area contributed by atoms with Gasteiger partial charge < -0.3 is 15.0 Å². The Bertz CT molecular complexity index is 181. The van der Waals surface area contributed by atoms with Gasteiger partial charge in [0.05, 0.1) is 6.10 Å². The molecule has 1 saturated heterocycles. The molecule has 0 bridgehead atoms. The molecule has 3 nitrogen and oxygen atoms in total. The van der Waals surface area contributed by atoms with Crippen LogP contribution in [-0.2, 0) is 4.74 Å². The van der Waals surface area contributed by atoms with E-state index in [9.17, 15) is 0 Å². The number of ether oxygens (including phenoxy) is 1. The highest BCUT2D eigenvalue weighted by atomic mass is 16.5. The molecule has 1 N–H and O–H groups in total. The van der Waals surface area contributed by atoms with Crippen molar-refractivity contribution in [2.24, 2.45) is 0 Å². The third-order valence-electron chi connectivity index (χ3n) is 3.73. The predicted octanol–water partition coefficient (Wildman–Crippen LogP) is 2.27. The van der Waals surface area contributed by atoms with Crippen LogP contribution in [0.2, 0.25) is 0 Å². The molecule has 2 atom stereocenters. The van der Waals surface area contributed by atoms with Gasteiger partial charge in [0.25, 0.3) is 0 Å². The van der Waals surface area contributed by atoms with Crippen LogP contribution in [-0.4, -0.2) is 49.8 Å². The van der Waals surface area contributed by atoms with E-state index < -0.39 is 0 Å². The van der Waals surface area contributed by atoms with Crippen LogP contribution in [0.25, 0.3) is 0 Å². The first-order valence-corrected chi connectivity index (χ1v) is 7.37. The Morgan fingerprint density at radius 1 is 1.24 bits per heavy atom. The molecule has 1 heterocycles. The zero-order valence-electron chi connectivity index (χ0n) is 11.9. The van der Waals surface area contributed by atoms with Gasteiger partial charge in [0.15, 0.2) is 0 Å². The summed E-state index contributed by atoms with van der Waals surface area (Å²) in [5.41, 5.74) is 0. The summed E-state index contributed by atoms with van der Waals surface area (Å²) in [6.45, 7) is 12.2. The van der Waals surface area contributed by atoms with Crippen LogP contribution in [0.4, 0.5) is 0 Å². The fourth-order valence-electron chi connectivity index (χ4n) is 2.56. The summed E-state index contributed by atoms with van der Waals surface area (Å²) in [6, 6.07) is 0.677. The number of hydrogen-bond acceptors (Lipinski definition) is 3. The number of nitrogens with zero attached hydrogens (tertiary/aromatic N) is 1. The summed E-state index contributed by atoms with van der Waals surface area (Å²) in [7, 11) is 0. The second-order valence-corrected chi connectivity index (χ2v) is 4.98. The standard InChI is InChI=1S/C14H30N2O/c1-4-7-14-12-13(8-11-17-14)15-9-10-16(5-2)6-3/h13-15H,4-12H2,1-3H3. The van der Waals surface area contributed by atoms with Gasteiger partial charge in [-0.3, -0.25) is 0 Å². The van der Waals surface area contributed by atoms with Gasteiger partial charge in [-0.25, -0.2) is 0 Å². The molecule has 1 aliphatic rings. The van der Waals surface area contributed by atoms with E-state index in [1.54, 1.807) is 0 Å². The van der Waals surface area contributed by atoms with E-state index in [1.807, 2.05) is 0 Å². The highest BCUT2D eigenvalue weighted by Crippen LogP contribution is 2.17. The van der Waals surface area contributed by atoms with Gasteiger partial charge in [-0.05, 0) is 32.4 Å². The Morgan fingerprint density at radius 2 is 2.00 bits per heavy atom. The van der Waals surface area contributed by atoms with Crippen LogP contribution in [0, 0.1) is 0 Å². The SMILES string of the molecule is CCCC1CC(NCCN(CC)CC)CCO1. The second kappa shape index (κ2) is 8.90. The summed E-state index contributed by atoms with van der Waals surface area (Å²) >= 11 is 0. The Balaban J connectivity index is 2.13. The van der Waals surface area contributed by atoms with Gasteiger partial charge in [-0.1, -0.05) is 27.2 Å². The van der Waals surface area contributed by atoms with E-state index in [2.05, 4.69) is 31.0 Å². The van der Waals surface area contributed by atoms with Crippen LogP contribution in [0.15, 0.2) is 0 Å². The third-order valence-corrected chi connectivity index (χ3v) is 3.73. The Labute approximate surface area is 107 Å². The summed E-state index contributed by atoms with van der Waals surface area (Å²) < 4.78 is 5.77. The Kier molecular flexibility index (Phi) is 7.82. The Morgan fingerprint density at radius 3 is 2.65 bits per heavy atom. The molecule has 1 aliphatic heterocycles. The lowest BCUT2D eigenvalue weighted by Gasteiger charge is -2.30. The molecule has 0 amide bonds. The minimum absolute atomic E-state index is 0.500. The average molecular weight is 242 g/mol. The largest absolute Gasteiger partial charge is 0.378 e. The van der Waals surface area contributed by atoms with E-state index in [4.69, 9.17) is 4.74 Å². The molecule has 0 aromatic carbocycles. The molecule has 17 heavy (non-hydrogen) atoms. The van der Waals surface area contributed by atoms with Crippen LogP contribution in [0.1, 0.15) is 46.5 Å². The normalized spacial score (nSPS) is 25.4. The average Bonchev–Trinajstić information content (AvgIpc) is 2.36. The smallest absolute Gasteiger partial charge is 0.0589 e. The molecule has 2 unspecified atom stereocenters. The Hall–Kier alpha value is -0.120. The number of hydrogen-bond donors (Lipinski definition) is 1. The molecule has 0 aromatic rings. The predicted molar refractivity (Wildman–Crippen MR) is 73.5 cm³/mol. The maximum atomic E-state index is 5.77. The first kappa shape index (κ1) is 14.9. The van der Waals surface area contributed by atoms with Crippen molar-refractivity contribution >= 4 is 0 Å². The van der Waals surface area contributed by atoms with Crippen molar-refractivity contribution in [2.75, 3.05) is 32.8 Å². The highest BCUT2D eigenvalue weighted by molar-refractivity contribution is 4.77. The van der Waals surface area contributed by atoms with Crippen molar-refractivity contribution in [3.63, 3.8) is 0 Å². The lowest BCUT2D eigenvalue weighted by molar-refractivity contribution is -0.00335. The van der Waals surface area contributed by atoms with Crippen molar-refractivity contribution in [3.8, 4) is 0 Å². The lowest BCUT2D eigenvalue weighted by atomic mass is 10.0. The van der Waals surface area contributed by atoms with Gasteiger partial charge in [0.2, 0.25) is 0 Å². The number of rotatable bonds is 8. The van der Waals surface area contributed by atoms with E-state index in [0.29, 0.717) is 12.1 Å². The molecule has 0 saturated carbocycles.